The van der Waals surface area contributed by atoms with Crippen LogP contribution in [0.15, 0.2) is 24.3 Å². The van der Waals surface area contributed by atoms with E-state index in [1.54, 1.807) is 0 Å². The van der Waals surface area contributed by atoms with Crippen molar-refractivity contribution in [3.8, 4) is 0 Å². The van der Waals surface area contributed by atoms with Crippen molar-refractivity contribution in [3.63, 3.8) is 0 Å². The van der Waals surface area contributed by atoms with Gasteiger partial charge in [-0.2, -0.15) is 0 Å². The van der Waals surface area contributed by atoms with Crippen LogP contribution in [-0.2, 0) is 20.4 Å². The predicted octanol–water partition coefficient (Wildman–Crippen LogP) is 3.43. The quantitative estimate of drug-likeness (QED) is 0.733. The van der Waals surface area contributed by atoms with E-state index in [0.717, 1.165) is 5.56 Å². The maximum atomic E-state index is 11.9. The molecule has 1 rings (SSSR count). The molecule has 0 spiro atoms. The lowest BCUT2D eigenvalue weighted by atomic mass is 9.74. The van der Waals surface area contributed by atoms with Gasteiger partial charge in [-0.15, -0.1) is 0 Å². The summed E-state index contributed by atoms with van der Waals surface area (Å²) in [6, 6.07) is 8.07. The molecule has 1 aromatic carbocycles. The summed E-state index contributed by atoms with van der Waals surface area (Å²) in [6.07, 6.45) is 0. The minimum absolute atomic E-state index is 0.0158. The van der Waals surface area contributed by atoms with Gasteiger partial charge in [0.25, 0.3) is 0 Å². The molecule has 1 aromatic rings. The SMILES string of the molecule is COC(=O)C(C)(C)c1ccccc1C(C)(C)C. The smallest absolute Gasteiger partial charge is 0.315 e. The Morgan fingerprint density at radius 3 is 1.88 bits per heavy atom. The first kappa shape index (κ1) is 13.8. The summed E-state index contributed by atoms with van der Waals surface area (Å²) in [5, 5.41) is 0. The monoisotopic (exact) mass is 234 g/mol. The normalized spacial score (nSPS) is 12.4. The number of esters is 1. The van der Waals surface area contributed by atoms with Gasteiger partial charge in [0.15, 0.2) is 0 Å². The summed E-state index contributed by atoms with van der Waals surface area (Å²) in [5.41, 5.74) is 1.63. The Bertz CT molecular complexity index is 411. The highest BCUT2D eigenvalue weighted by molar-refractivity contribution is 5.82. The van der Waals surface area contributed by atoms with E-state index in [1.807, 2.05) is 32.0 Å². The molecule has 0 fully saturated rings. The van der Waals surface area contributed by atoms with Crippen LogP contribution in [0.25, 0.3) is 0 Å². The molecule has 0 N–H and O–H groups in total. The van der Waals surface area contributed by atoms with E-state index in [1.165, 1.54) is 12.7 Å². The molecule has 94 valence electrons. The molecule has 0 aromatic heterocycles. The lowest BCUT2D eigenvalue weighted by molar-refractivity contribution is -0.146. The van der Waals surface area contributed by atoms with Gasteiger partial charge in [-0.25, -0.2) is 0 Å². The van der Waals surface area contributed by atoms with Gasteiger partial charge in [0.2, 0.25) is 0 Å². The molecule has 17 heavy (non-hydrogen) atoms. The van der Waals surface area contributed by atoms with Crippen molar-refractivity contribution in [1.29, 1.82) is 0 Å². The van der Waals surface area contributed by atoms with E-state index in [4.69, 9.17) is 4.74 Å². The second-order valence-electron chi connectivity index (χ2n) is 5.91. The number of hydrogen-bond donors (Lipinski definition) is 0. The van der Waals surface area contributed by atoms with E-state index in [0.29, 0.717) is 0 Å². The lowest BCUT2D eigenvalue weighted by Crippen LogP contribution is -2.33. The Balaban J connectivity index is 3.37. The molecule has 0 amide bonds. The summed E-state index contributed by atoms with van der Waals surface area (Å²) in [4.78, 5) is 11.9. The van der Waals surface area contributed by atoms with Crippen LogP contribution in [0.5, 0.6) is 0 Å². The van der Waals surface area contributed by atoms with Crippen molar-refractivity contribution in [2.24, 2.45) is 0 Å². The minimum Gasteiger partial charge on any atom is -0.468 e. The summed E-state index contributed by atoms with van der Waals surface area (Å²) in [7, 11) is 1.43. The van der Waals surface area contributed by atoms with Gasteiger partial charge in [0.1, 0.15) is 0 Å². The molecule has 0 radical (unpaired) electrons. The fraction of sp³-hybridized carbons (Fsp3) is 0.533. The van der Waals surface area contributed by atoms with Crippen LogP contribution in [0.3, 0.4) is 0 Å². The second-order valence-corrected chi connectivity index (χ2v) is 5.91. The highest BCUT2D eigenvalue weighted by Gasteiger charge is 2.34. The summed E-state index contributed by atoms with van der Waals surface area (Å²) in [6.45, 7) is 10.3. The number of methoxy groups -OCH3 is 1. The molecule has 0 heterocycles. The third-order valence-electron chi connectivity index (χ3n) is 3.10. The van der Waals surface area contributed by atoms with E-state index in [2.05, 4.69) is 26.8 Å². The van der Waals surface area contributed by atoms with Gasteiger partial charge in [-0.3, -0.25) is 4.79 Å². The molecule has 2 heteroatoms. The number of rotatable bonds is 2. The van der Waals surface area contributed by atoms with Gasteiger partial charge >= 0.3 is 5.97 Å². The molecule has 0 unspecified atom stereocenters. The van der Waals surface area contributed by atoms with E-state index < -0.39 is 5.41 Å². The first-order valence-electron chi connectivity index (χ1n) is 5.89. The van der Waals surface area contributed by atoms with Gasteiger partial charge in [-0.05, 0) is 30.4 Å². The number of carbonyl (C=O) groups is 1. The Hall–Kier alpha value is -1.31. The van der Waals surface area contributed by atoms with Crippen LogP contribution >= 0.6 is 0 Å². The van der Waals surface area contributed by atoms with Crippen molar-refractivity contribution in [2.75, 3.05) is 7.11 Å². The Labute approximate surface area is 104 Å². The third-order valence-corrected chi connectivity index (χ3v) is 3.10. The number of ether oxygens (including phenoxy) is 1. The summed E-state index contributed by atoms with van der Waals surface area (Å²) in [5.74, 6) is -0.200. The molecular formula is C15H22O2. The van der Waals surface area contributed by atoms with Crippen molar-refractivity contribution in [2.45, 2.75) is 45.4 Å². The molecule has 0 aliphatic carbocycles. The van der Waals surface area contributed by atoms with E-state index in [-0.39, 0.29) is 11.4 Å². The average molecular weight is 234 g/mol. The molecule has 2 nitrogen and oxygen atoms in total. The third kappa shape index (κ3) is 2.68. The summed E-state index contributed by atoms with van der Waals surface area (Å²) < 4.78 is 4.90. The predicted molar refractivity (Wildman–Crippen MR) is 70.2 cm³/mol. The zero-order valence-electron chi connectivity index (χ0n) is 11.6. The first-order chi connectivity index (χ1) is 7.71. The topological polar surface area (TPSA) is 26.3 Å². The van der Waals surface area contributed by atoms with Crippen LogP contribution in [0, 0.1) is 0 Å². The van der Waals surface area contributed by atoms with Crippen molar-refractivity contribution < 1.29 is 9.53 Å². The van der Waals surface area contributed by atoms with Gasteiger partial charge in [0.05, 0.1) is 12.5 Å². The van der Waals surface area contributed by atoms with E-state index >= 15 is 0 Å². The zero-order valence-corrected chi connectivity index (χ0v) is 11.6. The van der Waals surface area contributed by atoms with Crippen LogP contribution in [-0.4, -0.2) is 13.1 Å². The number of carbonyl (C=O) groups excluding carboxylic acids is 1. The maximum Gasteiger partial charge on any atom is 0.315 e. The number of hydrogen-bond acceptors (Lipinski definition) is 2. The molecule has 0 saturated heterocycles. The molecular weight excluding hydrogens is 212 g/mol. The summed E-state index contributed by atoms with van der Waals surface area (Å²) >= 11 is 0. The first-order valence-corrected chi connectivity index (χ1v) is 5.89. The molecule has 0 atom stereocenters. The van der Waals surface area contributed by atoms with Crippen LogP contribution in [0.4, 0.5) is 0 Å². The van der Waals surface area contributed by atoms with Crippen molar-refractivity contribution >= 4 is 5.97 Å². The van der Waals surface area contributed by atoms with Crippen molar-refractivity contribution in [3.05, 3.63) is 35.4 Å². The molecule has 0 saturated carbocycles. The fourth-order valence-electron chi connectivity index (χ4n) is 2.05. The van der Waals surface area contributed by atoms with Gasteiger partial charge < -0.3 is 4.74 Å². The Morgan fingerprint density at radius 1 is 1.00 bits per heavy atom. The number of benzene rings is 1. The highest BCUT2D eigenvalue weighted by Crippen LogP contribution is 2.34. The highest BCUT2D eigenvalue weighted by atomic mass is 16.5. The van der Waals surface area contributed by atoms with Crippen LogP contribution < -0.4 is 0 Å². The average Bonchev–Trinajstić information content (AvgIpc) is 2.26. The maximum absolute atomic E-state index is 11.9. The zero-order chi connectivity index (χ0) is 13.3. The standard InChI is InChI=1S/C15H22O2/c1-14(2,3)11-9-7-8-10-12(11)15(4,5)13(16)17-6/h7-10H,1-6H3. The fourth-order valence-corrected chi connectivity index (χ4v) is 2.05. The molecule has 0 aliphatic rings. The van der Waals surface area contributed by atoms with Gasteiger partial charge in [-0.1, -0.05) is 45.0 Å². The van der Waals surface area contributed by atoms with Crippen molar-refractivity contribution in [1.82, 2.24) is 0 Å². The van der Waals surface area contributed by atoms with E-state index in [9.17, 15) is 4.79 Å². The van der Waals surface area contributed by atoms with Crippen LogP contribution in [0.1, 0.15) is 45.7 Å². The Kier molecular flexibility index (Phi) is 3.65. The van der Waals surface area contributed by atoms with Crippen LogP contribution in [0.2, 0.25) is 0 Å². The largest absolute Gasteiger partial charge is 0.468 e. The Morgan fingerprint density at radius 2 is 1.47 bits per heavy atom. The minimum atomic E-state index is -0.612. The molecule has 0 bridgehead atoms. The lowest BCUT2D eigenvalue weighted by Gasteiger charge is -2.30. The van der Waals surface area contributed by atoms with Gasteiger partial charge in [0, 0.05) is 0 Å². The molecule has 0 aliphatic heterocycles. The second kappa shape index (κ2) is 4.52.